The first-order chi connectivity index (χ1) is 14.1. The van der Waals surface area contributed by atoms with Crippen LogP contribution in [0.15, 0.2) is 47.6 Å². The van der Waals surface area contributed by atoms with Crippen molar-refractivity contribution in [2.24, 2.45) is 4.99 Å². The van der Waals surface area contributed by atoms with E-state index in [1.165, 1.54) is 24.5 Å². The molecule has 6 nitrogen and oxygen atoms in total. The van der Waals surface area contributed by atoms with Crippen molar-refractivity contribution >= 4 is 35.8 Å². The minimum absolute atomic E-state index is 0. The van der Waals surface area contributed by atoms with Crippen LogP contribution < -0.4 is 20.3 Å². The summed E-state index contributed by atoms with van der Waals surface area (Å²) in [5, 5.41) is 6.97. The number of rotatable bonds is 6. The number of aliphatic imine (C=N–C) groups is 1. The van der Waals surface area contributed by atoms with E-state index >= 15 is 0 Å². The number of nitrogens with one attached hydrogen (secondary N) is 2. The lowest BCUT2D eigenvalue weighted by Crippen LogP contribution is -2.46. The monoisotopic (exact) mass is 525 g/mol. The predicted molar refractivity (Wildman–Crippen MR) is 129 cm³/mol. The van der Waals surface area contributed by atoms with Gasteiger partial charge in [0.25, 0.3) is 0 Å². The number of guanidine groups is 1. The van der Waals surface area contributed by atoms with Crippen molar-refractivity contribution in [2.75, 3.05) is 38.7 Å². The molecule has 2 N–H and O–H groups in total. The van der Waals surface area contributed by atoms with Gasteiger partial charge in [-0.2, -0.15) is 0 Å². The number of nitrogens with zero attached hydrogens (tertiary/aromatic N) is 3. The van der Waals surface area contributed by atoms with Crippen LogP contribution in [0, 0.1) is 5.82 Å². The van der Waals surface area contributed by atoms with E-state index in [-0.39, 0.29) is 41.3 Å². The van der Waals surface area contributed by atoms with Gasteiger partial charge >= 0.3 is 0 Å². The van der Waals surface area contributed by atoms with Crippen LogP contribution in [-0.2, 0) is 5.41 Å². The van der Waals surface area contributed by atoms with Gasteiger partial charge in [-0.1, -0.05) is 12.1 Å². The van der Waals surface area contributed by atoms with Crippen molar-refractivity contribution in [1.82, 2.24) is 15.6 Å². The summed E-state index contributed by atoms with van der Waals surface area (Å²) in [5.41, 5.74) is 1.50. The number of anilines is 1. The van der Waals surface area contributed by atoms with Crippen LogP contribution in [0.1, 0.15) is 24.8 Å². The minimum atomic E-state index is -0.272. The highest BCUT2D eigenvalue weighted by Crippen LogP contribution is 2.47. The van der Waals surface area contributed by atoms with Gasteiger partial charge in [-0.25, -0.2) is 9.37 Å². The fraction of sp³-hybridized carbons (Fsp3) is 0.455. The van der Waals surface area contributed by atoms with Crippen molar-refractivity contribution in [3.63, 3.8) is 0 Å². The van der Waals surface area contributed by atoms with Crippen LogP contribution >= 0.6 is 24.0 Å². The molecule has 1 unspecified atom stereocenters. The Labute approximate surface area is 194 Å². The molecule has 8 heteroatoms. The highest BCUT2D eigenvalue weighted by atomic mass is 127. The molecule has 2 aliphatic rings. The lowest BCUT2D eigenvalue weighted by molar-refractivity contribution is 0.414. The number of hydrogen-bond donors (Lipinski definition) is 2. The summed E-state index contributed by atoms with van der Waals surface area (Å²) in [6.45, 7) is 2.32. The highest BCUT2D eigenvalue weighted by molar-refractivity contribution is 14.0. The summed E-state index contributed by atoms with van der Waals surface area (Å²) in [4.78, 5) is 10.6. The largest absolute Gasteiger partial charge is 0.497 e. The molecule has 2 aromatic rings. The number of hydrogen-bond acceptors (Lipinski definition) is 4. The van der Waals surface area contributed by atoms with Crippen molar-refractivity contribution in [2.45, 2.75) is 30.7 Å². The average Bonchev–Trinajstić information content (AvgIpc) is 3.41. The van der Waals surface area contributed by atoms with E-state index in [1.54, 1.807) is 26.4 Å². The fourth-order valence-electron chi connectivity index (χ4n) is 3.98. The maximum absolute atomic E-state index is 14.0. The van der Waals surface area contributed by atoms with E-state index in [9.17, 15) is 4.39 Å². The van der Waals surface area contributed by atoms with Crippen molar-refractivity contribution < 1.29 is 9.13 Å². The number of pyridine rings is 1. The van der Waals surface area contributed by atoms with Gasteiger partial charge in [0.05, 0.1) is 7.11 Å². The van der Waals surface area contributed by atoms with Crippen LogP contribution in [0.2, 0.25) is 0 Å². The van der Waals surface area contributed by atoms with Gasteiger partial charge in [0.1, 0.15) is 5.75 Å². The predicted octanol–water partition coefficient (Wildman–Crippen LogP) is 3.32. The van der Waals surface area contributed by atoms with Crippen LogP contribution in [0.3, 0.4) is 0 Å². The Morgan fingerprint density at radius 2 is 2.07 bits per heavy atom. The molecule has 1 aliphatic heterocycles. The summed E-state index contributed by atoms with van der Waals surface area (Å²) < 4.78 is 19.3. The van der Waals surface area contributed by atoms with Crippen molar-refractivity contribution in [3.05, 3.63) is 54.0 Å². The molecule has 0 bridgehead atoms. The van der Waals surface area contributed by atoms with E-state index < -0.39 is 0 Å². The maximum Gasteiger partial charge on any atom is 0.191 e. The Kier molecular flexibility index (Phi) is 7.38. The molecule has 2 fully saturated rings. The minimum Gasteiger partial charge on any atom is -0.497 e. The first-order valence-electron chi connectivity index (χ1n) is 10.1. The van der Waals surface area contributed by atoms with Gasteiger partial charge in [-0.15, -0.1) is 24.0 Å². The van der Waals surface area contributed by atoms with Gasteiger partial charge in [0, 0.05) is 44.3 Å². The molecule has 1 saturated heterocycles. The molecule has 30 heavy (non-hydrogen) atoms. The molecule has 1 aliphatic carbocycles. The third kappa shape index (κ3) is 4.96. The SMILES string of the molecule is CN=C(NCC1(c2ccc(OC)cc2)CC1)NC1CCN(c2ncccc2F)C1.I. The number of benzene rings is 1. The van der Waals surface area contributed by atoms with Gasteiger partial charge in [-0.05, 0) is 49.1 Å². The Hall–Kier alpha value is -2.10. The van der Waals surface area contributed by atoms with E-state index in [4.69, 9.17) is 4.74 Å². The molecule has 162 valence electrons. The van der Waals surface area contributed by atoms with Gasteiger partial charge in [-0.3, -0.25) is 4.99 Å². The van der Waals surface area contributed by atoms with Crippen LogP contribution in [0.25, 0.3) is 0 Å². The maximum atomic E-state index is 14.0. The second kappa shape index (κ2) is 9.80. The first-order valence-corrected chi connectivity index (χ1v) is 10.1. The summed E-state index contributed by atoms with van der Waals surface area (Å²) in [7, 11) is 3.47. The summed E-state index contributed by atoms with van der Waals surface area (Å²) >= 11 is 0. The normalized spacial score (nSPS) is 19.8. The standard InChI is InChI=1S/C22H28FN5O.HI/c1-24-21(26-15-22(10-11-22)16-5-7-18(29-2)8-6-16)27-17-9-13-28(14-17)20-19(23)4-3-12-25-20;/h3-8,12,17H,9-11,13-15H2,1-2H3,(H2,24,26,27);1H. The molecule has 1 aromatic heterocycles. The average molecular weight is 525 g/mol. The zero-order valence-corrected chi connectivity index (χ0v) is 19.7. The third-order valence-electron chi connectivity index (χ3n) is 5.94. The van der Waals surface area contributed by atoms with E-state index in [2.05, 4.69) is 32.7 Å². The molecule has 1 aromatic carbocycles. The molecule has 0 amide bonds. The highest BCUT2D eigenvalue weighted by Gasteiger charge is 2.44. The lowest BCUT2D eigenvalue weighted by Gasteiger charge is -2.22. The summed E-state index contributed by atoms with van der Waals surface area (Å²) in [6.07, 6.45) is 4.88. The summed E-state index contributed by atoms with van der Waals surface area (Å²) in [6, 6.07) is 11.6. The van der Waals surface area contributed by atoms with Crippen LogP contribution in [0.5, 0.6) is 5.75 Å². The molecule has 1 saturated carbocycles. The summed E-state index contributed by atoms with van der Waals surface area (Å²) in [5.74, 6) is 1.82. The fourth-order valence-corrected chi connectivity index (χ4v) is 3.98. The second-order valence-corrected chi connectivity index (χ2v) is 7.82. The number of ether oxygens (including phenoxy) is 1. The van der Waals surface area contributed by atoms with E-state index in [1.807, 2.05) is 17.0 Å². The molecular formula is C22H29FIN5O. The topological polar surface area (TPSA) is 61.8 Å². The Morgan fingerprint density at radius 3 is 2.70 bits per heavy atom. The number of methoxy groups -OCH3 is 1. The number of halogens is 2. The number of aromatic nitrogens is 1. The van der Waals surface area contributed by atoms with Crippen LogP contribution in [-0.4, -0.2) is 50.8 Å². The van der Waals surface area contributed by atoms with Crippen molar-refractivity contribution in [1.29, 1.82) is 0 Å². The van der Waals surface area contributed by atoms with Gasteiger partial charge in [0.15, 0.2) is 17.6 Å². The Morgan fingerprint density at radius 1 is 1.30 bits per heavy atom. The van der Waals surface area contributed by atoms with E-state index in [0.29, 0.717) is 12.4 Å². The second-order valence-electron chi connectivity index (χ2n) is 7.82. The van der Waals surface area contributed by atoms with Crippen molar-refractivity contribution in [3.8, 4) is 5.75 Å². The third-order valence-corrected chi connectivity index (χ3v) is 5.94. The van der Waals surface area contributed by atoms with Gasteiger partial charge < -0.3 is 20.3 Å². The molecule has 0 radical (unpaired) electrons. The zero-order valence-electron chi connectivity index (χ0n) is 17.4. The molecule has 0 spiro atoms. The Bertz CT molecular complexity index is 872. The zero-order chi connectivity index (χ0) is 20.3. The molecule has 1 atom stereocenters. The first kappa shape index (κ1) is 22.6. The van der Waals surface area contributed by atoms with Crippen LogP contribution in [0.4, 0.5) is 10.2 Å². The quantitative estimate of drug-likeness (QED) is 0.345. The Balaban J connectivity index is 0.00000256. The smallest absolute Gasteiger partial charge is 0.191 e. The lowest BCUT2D eigenvalue weighted by atomic mass is 9.96. The molecule has 4 rings (SSSR count). The van der Waals surface area contributed by atoms with Gasteiger partial charge in [0.2, 0.25) is 0 Å². The molecular weight excluding hydrogens is 496 g/mol. The van der Waals surface area contributed by atoms with E-state index in [0.717, 1.165) is 31.2 Å². The molecule has 2 heterocycles.